The molecule has 0 aliphatic carbocycles. The zero-order valence-electron chi connectivity index (χ0n) is 17.4. The highest BCUT2D eigenvalue weighted by Gasteiger charge is 2.50. The summed E-state index contributed by atoms with van der Waals surface area (Å²) in [7, 11) is -3.91. The van der Waals surface area contributed by atoms with Crippen LogP contribution in [0.25, 0.3) is 0 Å². The maximum Gasteiger partial charge on any atom is 0.306 e. The molecule has 0 rings (SSSR count). The molecule has 0 aromatic rings. The van der Waals surface area contributed by atoms with E-state index in [2.05, 4.69) is 39.3 Å². The van der Waals surface area contributed by atoms with Crippen LogP contribution in [0.4, 0.5) is 0 Å². The number of carbonyl (C=O) groups excluding carboxylic acids is 2. The van der Waals surface area contributed by atoms with E-state index in [1.165, 1.54) is 0 Å². The van der Waals surface area contributed by atoms with Gasteiger partial charge in [-0.3, -0.25) is 9.59 Å². The van der Waals surface area contributed by atoms with Crippen LogP contribution in [0.2, 0.25) is 50.4 Å². The van der Waals surface area contributed by atoms with Gasteiger partial charge in [0.15, 0.2) is 0 Å². The van der Waals surface area contributed by atoms with Crippen LogP contribution in [0.15, 0.2) is 0 Å². The van der Waals surface area contributed by atoms with Crippen molar-refractivity contribution in [1.29, 1.82) is 0 Å². The largest absolute Gasteiger partial charge is 0.465 e. The molecule has 0 aromatic heterocycles. The first-order chi connectivity index (χ1) is 10.7. The van der Waals surface area contributed by atoms with Gasteiger partial charge in [0.2, 0.25) is 0 Å². The van der Waals surface area contributed by atoms with Gasteiger partial charge < -0.3 is 9.47 Å². The molecule has 0 spiro atoms. The molecule has 0 saturated carbocycles. The van der Waals surface area contributed by atoms with Crippen molar-refractivity contribution in [3.05, 3.63) is 0 Å². The van der Waals surface area contributed by atoms with E-state index >= 15 is 0 Å². The molecule has 0 aliphatic rings. The van der Waals surface area contributed by atoms with Crippen LogP contribution in [-0.2, 0) is 19.1 Å². The second-order valence-electron chi connectivity index (χ2n) is 9.74. The average molecular weight is 375 g/mol. The summed E-state index contributed by atoms with van der Waals surface area (Å²) < 4.78 is 11.1. The maximum atomic E-state index is 12.9. The van der Waals surface area contributed by atoms with E-state index in [9.17, 15) is 9.59 Å². The van der Waals surface area contributed by atoms with Crippen molar-refractivity contribution in [2.75, 3.05) is 13.2 Å². The number of hydrogen-bond donors (Lipinski definition) is 0. The Balaban J connectivity index is 5.60. The molecule has 4 nitrogen and oxygen atoms in total. The van der Waals surface area contributed by atoms with E-state index in [1.807, 2.05) is 27.7 Å². The van der Waals surface area contributed by atoms with E-state index < -0.39 is 16.1 Å². The summed E-state index contributed by atoms with van der Waals surface area (Å²) in [5.41, 5.74) is -0.690. The van der Waals surface area contributed by atoms with Crippen molar-refractivity contribution in [2.24, 2.45) is 11.8 Å². The molecule has 0 aromatic carbocycles. The average Bonchev–Trinajstić information content (AvgIpc) is 2.36. The van der Waals surface area contributed by atoms with E-state index in [1.54, 1.807) is 0 Å². The number of carbonyl (C=O) groups is 2. The summed E-state index contributed by atoms with van der Waals surface area (Å²) in [4.78, 5) is 25.7. The summed E-state index contributed by atoms with van der Waals surface area (Å²) in [6.07, 6.45) is 0. The molecule has 6 heteroatoms. The molecule has 0 amide bonds. The summed E-state index contributed by atoms with van der Waals surface area (Å²) in [5.74, 6) is 0.150. The third kappa shape index (κ3) is 7.97. The molecule has 0 bridgehead atoms. The van der Waals surface area contributed by atoms with Gasteiger partial charge in [-0.05, 0) is 11.8 Å². The van der Waals surface area contributed by atoms with E-state index in [4.69, 9.17) is 9.47 Å². The van der Waals surface area contributed by atoms with E-state index in [0.29, 0.717) is 13.2 Å². The Morgan fingerprint density at radius 2 is 0.917 bits per heavy atom. The molecule has 2 unspecified atom stereocenters. The molecular weight excluding hydrogens is 336 g/mol. The molecular formula is C18H38O4Si2. The Kier molecular flexibility index (Phi) is 8.94. The second kappa shape index (κ2) is 9.18. The Labute approximate surface area is 150 Å². The Morgan fingerprint density at radius 1 is 0.667 bits per heavy atom. The van der Waals surface area contributed by atoms with Crippen molar-refractivity contribution in [3.63, 3.8) is 0 Å². The minimum Gasteiger partial charge on any atom is -0.465 e. The third-order valence-corrected chi connectivity index (χ3v) is 9.03. The molecule has 2 atom stereocenters. The van der Waals surface area contributed by atoms with E-state index in [-0.39, 0.29) is 34.9 Å². The van der Waals surface area contributed by atoms with Crippen molar-refractivity contribution >= 4 is 28.1 Å². The number of hydrogen-bond acceptors (Lipinski definition) is 4. The zero-order valence-corrected chi connectivity index (χ0v) is 19.4. The lowest BCUT2D eigenvalue weighted by Gasteiger charge is -2.38. The minimum atomic E-state index is -1.95. The van der Waals surface area contributed by atoms with Crippen LogP contribution >= 0.6 is 0 Å². The number of esters is 2. The second-order valence-corrected chi connectivity index (χ2v) is 20.4. The SMILES string of the molecule is CC(C)COC(=O)C(C(C(=O)OCC(C)C)[Si](C)(C)C)[Si](C)(C)C. The highest BCUT2D eigenvalue weighted by Crippen LogP contribution is 2.43. The zero-order chi connectivity index (χ0) is 19.3. The lowest BCUT2D eigenvalue weighted by atomic mass is 10.2. The van der Waals surface area contributed by atoms with Crippen LogP contribution in [0.5, 0.6) is 0 Å². The van der Waals surface area contributed by atoms with Gasteiger partial charge in [-0.15, -0.1) is 0 Å². The van der Waals surface area contributed by atoms with Crippen LogP contribution in [0.1, 0.15) is 27.7 Å². The van der Waals surface area contributed by atoms with Crippen LogP contribution < -0.4 is 0 Å². The van der Waals surface area contributed by atoms with Gasteiger partial charge in [0.05, 0.1) is 40.4 Å². The quantitative estimate of drug-likeness (QED) is 0.429. The summed E-state index contributed by atoms with van der Waals surface area (Å²) in [6.45, 7) is 21.7. The number of rotatable bonds is 9. The van der Waals surface area contributed by atoms with Gasteiger partial charge in [0.1, 0.15) is 0 Å². The Morgan fingerprint density at radius 3 is 1.08 bits per heavy atom. The predicted octanol–water partition coefficient (Wildman–Crippen LogP) is 4.80. The highest BCUT2D eigenvalue weighted by molar-refractivity contribution is 6.87. The fraction of sp³-hybridized carbons (Fsp3) is 0.889. The Hall–Kier alpha value is -0.626. The summed E-state index contributed by atoms with van der Waals surface area (Å²) in [6, 6.07) is 0. The van der Waals surface area contributed by atoms with Gasteiger partial charge in [-0.25, -0.2) is 0 Å². The van der Waals surface area contributed by atoms with E-state index in [0.717, 1.165) is 0 Å². The monoisotopic (exact) mass is 374 g/mol. The fourth-order valence-electron chi connectivity index (χ4n) is 2.66. The molecule has 142 valence electrons. The maximum absolute atomic E-state index is 12.9. The molecule has 0 aliphatic heterocycles. The lowest BCUT2D eigenvalue weighted by molar-refractivity contribution is -0.151. The van der Waals surface area contributed by atoms with Gasteiger partial charge in [0.25, 0.3) is 0 Å². The molecule has 0 fully saturated rings. The molecule has 24 heavy (non-hydrogen) atoms. The lowest BCUT2D eigenvalue weighted by Crippen LogP contribution is -2.48. The molecule has 0 radical (unpaired) electrons. The molecule has 0 heterocycles. The molecule has 0 saturated heterocycles. The minimum absolute atomic E-state index is 0.211. The van der Waals surface area contributed by atoms with Gasteiger partial charge in [0, 0.05) is 0 Å². The normalized spacial score (nSPS) is 15.3. The first-order valence-corrected chi connectivity index (χ1v) is 16.2. The molecule has 0 N–H and O–H groups in total. The summed E-state index contributed by atoms with van der Waals surface area (Å²) >= 11 is 0. The van der Waals surface area contributed by atoms with Crippen molar-refractivity contribution < 1.29 is 19.1 Å². The standard InChI is InChI=1S/C18H38O4Si2/c1-13(2)11-21-17(19)15(23(5,6)7)16(24(8,9)10)18(20)22-12-14(3)4/h13-16H,11-12H2,1-10H3. The van der Waals surface area contributed by atoms with Gasteiger partial charge >= 0.3 is 11.9 Å². The van der Waals surface area contributed by atoms with Crippen LogP contribution in [0.3, 0.4) is 0 Å². The van der Waals surface area contributed by atoms with Crippen LogP contribution in [-0.4, -0.2) is 41.3 Å². The van der Waals surface area contributed by atoms with Crippen LogP contribution in [0, 0.1) is 11.8 Å². The van der Waals surface area contributed by atoms with Crippen molar-refractivity contribution in [1.82, 2.24) is 0 Å². The fourth-order valence-corrected chi connectivity index (χ4v) is 9.51. The highest BCUT2D eigenvalue weighted by atomic mass is 28.3. The smallest absolute Gasteiger partial charge is 0.306 e. The summed E-state index contributed by atoms with van der Waals surface area (Å²) in [5, 5.41) is 0. The first-order valence-electron chi connectivity index (χ1n) is 9.01. The van der Waals surface area contributed by atoms with Gasteiger partial charge in [-0.2, -0.15) is 0 Å². The van der Waals surface area contributed by atoms with Crippen molar-refractivity contribution in [3.8, 4) is 0 Å². The van der Waals surface area contributed by atoms with Gasteiger partial charge in [-0.1, -0.05) is 67.0 Å². The van der Waals surface area contributed by atoms with Crippen molar-refractivity contribution in [2.45, 2.75) is 78.1 Å². The number of ether oxygens (including phenoxy) is 2. The topological polar surface area (TPSA) is 52.6 Å². The first kappa shape index (κ1) is 23.4. The third-order valence-electron chi connectivity index (χ3n) is 3.83. The predicted molar refractivity (Wildman–Crippen MR) is 106 cm³/mol. The Bertz CT molecular complexity index is 380.